The molecule has 0 aromatic heterocycles. The smallest absolute Gasteiger partial charge is 0.125 e. The zero-order chi connectivity index (χ0) is 13.6. The third-order valence-electron chi connectivity index (χ3n) is 3.49. The second-order valence-corrected chi connectivity index (χ2v) is 7.21. The van der Waals surface area contributed by atoms with Crippen molar-refractivity contribution in [3.8, 4) is 5.75 Å². The molecule has 1 aliphatic carbocycles. The normalized spacial score (nSPS) is 17.7. The average Bonchev–Trinajstić information content (AvgIpc) is 2.94. The Kier molecular flexibility index (Phi) is 3.50. The van der Waals surface area contributed by atoms with Gasteiger partial charge >= 0.3 is 0 Å². The molecule has 0 spiro atoms. The minimum Gasteiger partial charge on any atom is -0.496 e. The highest BCUT2D eigenvalue weighted by atomic mass is 79.9. The van der Waals surface area contributed by atoms with Crippen molar-refractivity contribution in [2.24, 2.45) is 0 Å². The lowest BCUT2D eigenvalue weighted by atomic mass is 9.84. The fraction of sp³-hybridized carbons (Fsp3) is 0.600. The summed E-state index contributed by atoms with van der Waals surface area (Å²) in [5, 5.41) is 10.1. The minimum atomic E-state index is -0.497. The zero-order valence-corrected chi connectivity index (χ0v) is 13.1. The number of hydrogen-bond donors (Lipinski definition) is 1. The summed E-state index contributed by atoms with van der Waals surface area (Å²) in [5.41, 5.74) is 1.80. The molecule has 1 N–H and O–H groups in total. The van der Waals surface area contributed by atoms with Crippen LogP contribution in [0, 0.1) is 0 Å². The van der Waals surface area contributed by atoms with E-state index in [1.165, 1.54) is 5.56 Å². The van der Waals surface area contributed by atoms with Crippen LogP contribution in [0.5, 0.6) is 5.75 Å². The largest absolute Gasteiger partial charge is 0.496 e. The van der Waals surface area contributed by atoms with Crippen LogP contribution in [0.3, 0.4) is 0 Å². The van der Waals surface area contributed by atoms with Crippen molar-refractivity contribution in [1.82, 2.24) is 0 Å². The molecular weight excluding hydrogens is 292 g/mol. The number of halogens is 1. The topological polar surface area (TPSA) is 29.5 Å². The van der Waals surface area contributed by atoms with Crippen LogP contribution in [0.1, 0.15) is 44.7 Å². The fourth-order valence-electron chi connectivity index (χ4n) is 2.26. The van der Waals surface area contributed by atoms with Crippen molar-refractivity contribution in [3.63, 3.8) is 0 Å². The van der Waals surface area contributed by atoms with Crippen LogP contribution in [0.15, 0.2) is 16.6 Å². The SMILES string of the molecule is COc1c(CC2(O)CC2)cc(Br)cc1C(C)(C)C. The van der Waals surface area contributed by atoms with Crippen LogP contribution < -0.4 is 4.74 Å². The molecule has 0 aliphatic heterocycles. The first-order valence-electron chi connectivity index (χ1n) is 6.34. The molecular formula is C15H21BrO2. The van der Waals surface area contributed by atoms with Crippen LogP contribution in [-0.2, 0) is 11.8 Å². The minimum absolute atomic E-state index is 0.0239. The van der Waals surface area contributed by atoms with Gasteiger partial charge in [0.2, 0.25) is 0 Å². The van der Waals surface area contributed by atoms with Gasteiger partial charge in [0, 0.05) is 16.5 Å². The van der Waals surface area contributed by atoms with Gasteiger partial charge in [0.15, 0.2) is 0 Å². The lowest BCUT2D eigenvalue weighted by molar-refractivity contribution is 0.150. The number of hydrogen-bond acceptors (Lipinski definition) is 2. The predicted octanol–water partition coefficient (Wildman–Crippen LogP) is 3.82. The van der Waals surface area contributed by atoms with Crippen LogP contribution >= 0.6 is 15.9 Å². The molecule has 1 fully saturated rings. The molecule has 2 nitrogen and oxygen atoms in total. The Morgan fingerprint density at radius 3 is 2.39 bits per heavy atom. The highest BCUT2D eigenvalue weighted by molar-refractivity contribution is 9.10. The molecule has 100 valence electrons. The summed E-state index contributed by atoms with van der Waals surface area (Å²) in [7, 11) is 1.71. The van der Waals surface area contributed by atoms with E-state index in [1.807, 2.05) is 0 Å². The molecule has 18 heavy (non-hydrogen) atoms. The molecule has 0 heterocycles. The van der Waals surface area contributed by atoms with Crippen LogP contribution in [0.4, 0.5) is 0 Å². The van der Waals surface area contributed by atoms with E-state index >= 15 is 0 Å². The van der Waals surface area contributed by atoms with Crippen LogP contribution in [0.25, 0.3) is 0 Å². The lowest BCUT2D eigenvalue weighted by Crippen LogP contribution is -2.17. The van der Waals surface area contributed by atoms with Gasteiger partial charge in [0.05, 0.1) is 12.7 Å². The molecule has 0 atom stereocenters. The van der Waals surface area contributed by atoms with E-state index in [0.29, 0.717) is 6.42 Å². The molecule has 0 radical (unpaired) electrons. The summed E-state index contributed by atoms with van der Waals surface area (Å²) in [6, 6.07) is 4.17. The quantitative estimate of drug-likeness (QED) is 0.919. The Bertz CT molecular complexity index is 456. The fourth-order valence-corrected chi connectivity index (χ4v) is 2.76. The summed E-state index contributed by atoms with van der Waals surface area (Å²) in [6.07, 6.45) is 2.47. The number of benzene rings is 1. The number of ether oxygens (including phenoxy) is 1. The molecule has 1 aliphatic rings. The first kappa shape index (κ1) is 13.9. The van der Waals surface area contributed by atoms with Crippen molar-refractivity contribution in [2.75, 3.05) is 7.11 Å². The van der Waals surface area contributed by atoms with Gasteiger partial charge < -0.3 is 9.84 Å². The van der Waals surface area contributed by atoms with E-state index in [4.69, 9.17) is 4.74 Å². The molecule has 1 saturated carbocycles. The van der Waals surface area contributed by atoms with Crippen LogP contribution in [0.2, 0.25) is 0 Å². The lowest BCUT2D eigenvalue weighted by Gasteiger charge is -2.25. The van der Waals surface area contributed by atoms with E-state index in [-0.39, 0.29) is 5.41 Å². The van der Waals surface area contributed by atoms with Gasteiger partial charge in [-0.15, -0.1) is 0 Å². The van der Waals surface area contributed by atoms with E-state index in [1.54, 1.807) is 7.11 Å². The monoisotopic (exact) mass is 312 g/mol. The molecule has 0 unspecified atom stereocenters. The summed E-state index contributed by atoms with van der Waals surface area (Å²) in [4.78, 5) is 0. The number of methoxy groups -OCH3 is 1. The molecule has 3 heteroatoms. The second kappa shape index (κ2) is 4.53. The number of rotatable bonds is 3. The van der Waals surface area contributed by atoms with Crippen molar-refractivity contribution >= 4 is 15.9 Å². The third kappa shape index (κ3) is 2.89. The highest BCUT2D eigenvalue weighted by Gasteiger charge is 2.41. The Labute approximate surface area is 117 Å². The third-order valence-corrected chi connectivity index (χ3v) is 3.95. The zero-order valence-electron chi connectivity index (χ0n) is 11.5. The average molecular weight is 313 g/mol. The van der Waals surface area contributed by atoms with Crippen LogP contribution in [-0.4, -0.2) is 17.8 Å². The number of aliphatic hydroxyl groups is 1. The second-order valence-electron chi connectivity index (χ2n) is 6.30. The maximum Gasteiger partial charge on any atom is 0.125 e. The summed E-state index contributed by atoms with van der Waals surface area (Å²) < 4.78 is 6.65. The van der Waals surface area contributed by atoms with Gasteiger partial charge in [-0.1, -0.05) is 36.7 Å². The van der Waals surface area contributed by atoms with E-state index < -0.39 is 5.60 Å². The first-order chi connectivity index (χ1) is 8.25. The molecule has 0 bridgehead atoms. The Hall–Kier alpha value is -0.540. The van der Waals surface area contributed by atoms with Crippen molar-refractivity contribution in [3.05, 3.63) is 27.7 Å². The molecule has 0 saturated heterocycles. The summed E-state index contributed by atoms with van der Waals surface area (Å²) in [6.45, 7) is 6.52. The maximum atomic E-state index is 10.1. The molecule has 0 amide bonds. The van der Waals surface area contributed by atoms with Crippen molar-refractivity contribution in [1.29, 1.82) is 0 Å². The first-order valence-corrected chi connectivity index (χ1v) is 7.14. The highest BCUT2D eigenvalue weighted by Crippen LogP contribution is 2.43. The molecule has 1 aromatic carbocycles. The standard InChI is InChI=1S/C15H21BrO2/c1-14(2,3)12-8-11(16)7-10(13(12)18-4)9-15(17)5-6-15/h7-8,17H,5-6,9H2,1-4H3. The van der Waals surface area contributed by atoms with E-state index in [2.05, 4.69) is 48.8 Å². The van der Waals surface area contributed by atoms with E-state index in [0.717, 1.165) is 28.6 Å². The van der Waals surface area contributed by atoms with Gasteiger partial charge in [-0.2, -0.15) is 0 Å². The van der Waals surface area contributed by atoms with Gasteiger partial charge in [-0.3, -0.25) is 0 Å². The van der Waals surface area contributed by atoms with E-state index in [9.17, 15) is 5.11 Å². The van der Waals surface area contributed by atoms with Crippen molar-refractivity contribution in [2.45, 2.75) is 51.0 Å². The Balaban J connectivity index is 2.47. The predicted molar refractivity (Wildman–Crippen MR) is 77.3 cm³/mol. The van der Waals surface area contributed by atoms with Gasteiger partial charge in [-0.25, -0.2) is 0 Å². The molecule has 2 rings (SSSR count). The van der Waals surface area contributed by atoms with Crippen molar-refractivity contribution < 1.29 is 9.84 Å². The Morgan fingerprint density at radius 2 is 1.94 bits per heavy atom. The summed E-state index contributed by atoms with van der Waals surface area (Å²) in [5.74, 6) is 0.922. The summed E-state index contributed by atoms with van der Waals surface area (Å²) >= 11 is 3.56. The van der Waals surface area contributed by atoms with Gasteiger partial charge in [-0.05, 0) is 36.0 Å². The maximum absolute atomic E-state index is 10.1. The Morgan fingerprint density at radius 1 is 1.33 bits per heavy atom. The molecule has 1 aromatic rings. The van der Waals surface area contributed by atoms with Gasteiger partial charge in [0.1, 0.15) is 5.75 Å². The van der Waals surface area contributed by atoms with Gasteiger partial charge in [0.25, 0.3) is 0 Å².